The molecule has 0 atom stereocenters. The first-order valence-electron chi connectivity index (χ1n) is 3.10. The third-order valence-corrected chi connectivity index (χ3v) is 2.39. The number of aryl methyl sites for hydroxylation is 1. The Kier molecular flexibility index (Phi) is 2.72. The molecule has 58 valence electrons. The van der Waals surface area contributed by atoms with Gasteiger partial charge in [-0.05, 0) is 0 Å². The van der Waals surface area contributed by atoms with Crippen LogP contribution in [0.1, 0.15) is 15.9 Å². The average molecular weight is 234 g/mol. The van der Waals surface area contributed by atoms with Gasteiger partial charge in [-0.15, -0.1) is 0 Å². The van der Waals surface area contributed by atoms with Gasteiger partial charge in [0.15, 0.2) is 0 Å². The summed E-state index contributed by atoms with van der Waals surface area (Å²) in [6, 6.07) is 5.59. The average Bonchev–Trinajstić information content (AvgIpc) is 1.94. The molecule has 0 spiro atoms. The van der Waals surface area contributed by atoms with Crippen molar-refractivity contribution in [3.8, 4) is 0 Å². The maximum absolute atomic E-state index is 10.8. The fourth-order valence-corrected chi connectivity index (χ4v) is 1.61. The molecule has 0 saturated carbocycles. The molecule has 0 aliphatic carbocycles. The first-order chi connectivity index (χ1) is 5.11. The summed E-state index contributed by atoms with van der Waals surface area (Å²) in [5, 5.41) is -0.399. The first-order valence-corrected chi connectivity index (χ1v) is 4.42. The van der Waals surface area contributed by atoms with E-state index in [9.17, 15) is 4.79 Å². The third-order valence-electron chi connectivity index (χ3n) is 1.36. The number of benzene rings is 1. The van der Waals surface area contributed by atoms with E-state index in [2.05, 4.69) is 16.0 Å². The van der Waals surface area contributed by atoms with Gasteiger partial charge in [0.05, 0.1) is 0 Å². The van der Waals surface area contributed by atoms with E-state index in [1.54, 1.807) is 6.07 Å². The number of hydrogen-bond donors (Lipinski definition) is 0. The topological polar surface area (TPSA) is 17.1 Å². The van der Waals surface area contributed by atoms with Gasteiger partial charge in [-0.3, -0.25) is 0 Å². The zero-order valence-electron chi connectivity index (χ0n) is 5.97. The first kappa shape index (κ1) is 8.79. The Morgan fingerprint density at radius 1 is 1.55 bits per heavy atom. The zero-order valence-corrected chi connectivity index (χ0v) is 8.60. The molecule has 0 aliphatic heterocycles. The summed E-state index contributed by atoms with van der Waals surface area (Å²) in [6.45, 7) is 1.93. The van der Waals surface area contributed by atoms with Gasteiger partial charge in [-0.1, -0.05) is 0 Å². The van der Waals surface area contributed by atoms with Crippen molar-refractivity contribution in [1.82, 2.24) is 0 Å². The second kappa shape index (κ2) is 3.40. The molecular weight excluding hydrogens is 226 g/mol. The van der Waals surface area contributed by atoms with Crippen LogP contribution < -0.4 is 4.46 Å². The summed E-state index contributed by atoms with van der Waals surface area (Å²) >= 11 is 7.65. The summed E-state index contributed by atoms with van der Waals surface area (Å²) in [5.74, 6) is 0. The van der Waals surface area contributed by atoms with Gasteiger partial charge in [0.25, 0.3) is 0 Å². The molecule has 0 aliphatic rings. The molecule has 0 unspecified atom stereocenters. The fraction of sp³-hybridized carbons (Fsp3) is 0.125. The van der Waals surface area contributed by atoms with E-state index in [-0.39, 0.29) is 0 Å². The summed E-state index contributed by atoms with van der Waals surface area (Å²) in [7, 11) is 0. The van der Waals surface area contributed by atoms with E-state index >= 15 is 0 Å². The summed E-state index contributed by atoms with van der Waals surface area (Å²) in [6.07, 6.45) is 0. The van der Waals surface area contributed by atoms with Gasteiger partial charge in [-0.2, -0.15) is 0 Å². The minimum atomic E-state index is -0.399. The Bertz CT molecular complexity index is 296. The molecule has 0 aromatic heterocycles. The van der Waals surface area contributed by atoms with Gasteiger partial charge in [0, 0.05) is 0 Å². The second-order valence-electron chi connectivity index (χ2n) is 2.29. The van der Waals surface area contributed by atoms with E-state index in [1.165, 1.54) is 0 Å². The Labute approximate surface area is 78.6 Å². The Hall–Kier alpha value is -0.301. The van der Waals surface area contributed by atoms with Gasteiger partial charge >= 0.3 is 78.4 Å². The van der Waals surface area contributed by atoms with Crippen LogP contribution in [-0.4, -0.2) is 21.3 Å². The van der Waals surface area contributed by atoms with Crippen molar-refractivity contribution in [2.45, 2.75) is 6.92 Å². The van der Waals surface area contributed by atoms with Crippen LogP contribution in [0.25, 0.3) is 0 Å². The number of carbonyl (C=O) groups excluding carboxylic acids is 1. The van der Waals surface area contributed by atoms with Crippen molar-refractivity contribution in [2.24, 2.45) is 0 Å². The quantitative estimate of drug-likeness (QED) is 0.520. The Balaban J connectivity index is 3.23. The van der Waals surface area contributed by atoms with E-state index in [0.29, 0.717) is 5.56 Å². The third kappa shape index (κ3) is 2.06. The van der Waals surface area contributed by atoms with Gasteiger partial charge in [-0.25, -0.2) is 0 Å². The molecule has 1 rings (SSSR count). The molecule has 3 heteroatoms. The molecule has 1 aromatic carbocycles. The number of carbonyl (C=O) groups is 1. The van der Waals surface area contributed by atoms with Crippen LogP contribution in [0, 0.1) is 6.92 Å². The monoisotopic (exact) mass is 234 g/mol. The van der Waals surface area contributed by atoms with Gasteiger partial charge in [0.1, 0.15) is 0 Å². The van der Waals surface area contributed by atoms with Crippen LogP contribution >= 0.6 is 11.6 Å². The van der Waals surface area contributed by atoms with E-state index in [4.69, 9.17) is 11.6 Å². The molecule has 0 bridgehead atoms. The van der Waals surface area contributed by atoms with Crippen LogP contribution in [0.4, 0.5) is 0 Å². The predicted octanol–water partition coefficient (Wildman–Crippen LogP) is 0.900. The van der Waals surface area contributed by atoms with Crippen LogP contribution in [0.15, 0.2) is 18.2 Å². The maximum atomic E-state index is 10.8. The predicted molar refractivity (Wildman–Crippen MR) is 48.1 cm³/mol. The standard InChI is InChI=1S/C8H7ClOSe/c1-5-2-3-7(11)6(4-5)8(9)10/h2-4,11H,1H3. The zero-order chi connectivity index (χ0) is 8.43. The van der Waals surface area contributed by atoms with Crippen LogP contribution in [0.5, 0.6) is 0 Å². The van der Waals surface area contributed by atoms with E-state index in [0.717, 1.165) is 10.0 Å². The molecule has 0 amide bonds. The molecule has 0 N–H and O–H groups in total. The molecular formula is C8H7ClOSe. The number of hydrogen-bond acceptors (Lipinski definition) is 1. The summed E-state index contributed by atoms with van der Waals surface area (Å²) < 4.78 is 0.864. The Morgan fingerprint density at radius 2 is 2.18 bits per heavy atom. The van der Waals surface area contributed by atoms with Crippen LogP contribution in [-0.2, 0) is 0 Å². The van der Waals surface area contributed by atoms with Crippen LogP contribution in [0.2, 0.25) is 0 Å². The van der Waals surface area contributed by atoms with Gasteiger partial charge < -0.3 is 0 Å². The fourth-order valence-electron chi connectivity index (χ4n) is 0.807. The normalized spacial score (nSPS) is 9.73. The van der Waals surface area contributed by atoms with Crippen molar-refractivity contribution < 1.29 is 4.79 Å². The van der Waals surface area contributed by atoms with Crippen molar-refractivity contribution in [2.75, 3.05) is 0 Å². The SMILES string of the molecule is Cc1ccc([SeH])c(C(=O)Cl)c1. The van der Waals surface area contributed by atoms with Crippen molar-refractivity contribution >= 4 is 37.3 Å². The van der Waals surface area contributed by atoms with E-state index < -0.39 is 5.24 Å². The summed E-state index contributed by atoms with van der Waals surface area (Å²) in [4.78, 5) is 10.8. The summed E-state index contributed by atoms with van der Waals surface area (Å²) in [5.41, 5.74) is 1.62. The van der Waals surface area contributed by atoms with Gasteiger partial charge in [0.2, 0.25) is 0 Å². The van der Waals surface area contributed by atoms with Crippen molar-refractivity contribution in [3.05, 3.63) is 29.3 Å². The van der Waals surface area contributed by atoms with E-state index in [1.807, 2.05) is 19.1 Å². The van der Waals surface area contributed by atoms with Crippen LogP contribution in [0.3, 0.4) is 0 Å². The molecule has 1 nitrogen and oxygen atoms in total. The molecule has 11 heavy (non-hydrogen) atoms. The number of rotatable bonds is 1. The number of halogens is 1. The molecule has 0 radical (unpaired) electrons. The molecule has 0 saturated heterocycles. The van der Waals surface area contributed by atoms with Crippen molar-refractivity contribution in [3.63, 3.8) is 0 Å². The Morgan fingerprint density at radius 3 is 2.64 bits per heavy atom. The van der Waals surface area contributed by atoms with Crippen molar-refractivity contribution in [1.29, 1.82) is 0 Å². The molecule has 0 heterocycles. The minimum absolute atomic E-state index is 0.399. The molecule has 0 fully saturated rings. The second-order valence-corrected chi connectivity index (χ2v) is 3.65. The molecule has 1 aromatic rings.